The maximum Gasteiger partial charge on any atom is 0.104 e. The third kappa shape index (κ3) is 2.21. The van der Waals surface area contributed by atoms with Crippen molar-refractivity contribution in [3.63, 3.8) is 0 Å². The van der Waals surface area contributed by atoms with Crippen molar-refractivity contribution in [3.8, 4) is 0 Å². The molecule has 2 atom stereocenters. The molecule has 2 unspecified atom stereocenters. The van der Waals surface area contributed by atoms with E-state index >= 15 is 0 Å². The van der Waals surface area contributed by atoms with Crippen molar-refractivity contribution in [2.24, 2.45) is 11.8 Å². The van der Waals surface area contributed by atoms with Crippen LogP contribution < -0.4 is 0 Å². The predicted molar refractivity (Wildman–Crippen MR) is 71.5 cm³/mol. The van der Waals surface area contributed by atoms with Crippen LogP contribution in [0.4, 0.5) is 0 Å². The topological polar surface area (TPSA) is 43.5 Å². The Bertz CT molecular complexity index is 353. The Morgan fingerprint density at radius 3 is 1.65 bits per heavy atom. The van der Waals surface area contributed by atoms with Crippen molar-refractivity contribution in [1.29, 1.82) is 0 Å². The Kier molecular flexibility index (Phi) is 2.59. The first-order valence-electron chi connectivity index (χ1n) is 8.24. The molecule has 0 radical (unpaired) electrons. The molecule has 4 bridgehead atoms. The van der Waals surface area contributed by atoms with Gasteiger partial charge in [0.15, 0.2) is 0 Å². The summed E-state index contributed by atoms with van der Waals surface area (Å²) in [4.78, 5) is 0. The summed E-state index contributed by atoms with van der Waals surface area (Å²) < 4.78 is 23.4. The van der Waals surface area contributed by atoms with E-state index in [0.29, 0.717) is 12.2 Å². The third-order valence-electron chi connectivity index (χ3n) is 5.91. The second-order valence-electron chi connectivity index (χ2n) is 7.86. The van der Waals surface area contributed by atoms with E-state index in [1.807, 2.05) is 0 Å². The first kappa shape index (κ1) is 12.4. The highest BCUT2D eigenvalue weighted by Crippen LogP contribution is 2.60. The zero-order valence-corrected chi connectivity index (χ0v) is 12.0. The second kappa shape index (κ2) is 4.19. The van der Waals surface area contributed by atoms with Gasteiger partial charge in [0.05, 0.1) is 37.6 Å². The van der Waals surface area contributed by atoms with Crippen molar-refractivity contribution < 1.29 is 18.9 Å². The summed E-state index contributed by atoms with van der Waals surface area (Å²) in [5.41, 5.74) is 0.195. The smallest absolute Gasteiger partial charge is 0.104 e. The van der Waals surface area contributed by atoms with Gasteiger partial charge in [-0.3, -0.25) is 0 Å². The lowest BCUT2D eigenvalue weighted by Crippen LogP contribution is -2.61. The summed E-state index contributed by atoms with van der Waals surface area (Å²) in [5.74, 6) is 1.63. The molecule has 0 amide bonds. The average molecular weight is 280 g/mol. The van der Waals surface area contributed by atoms with Crippen LogP contribution in [0.3, 0.4) is 0 Å². The molecule has 2 aliphatic heterocycles. The average Bonchev–Trinajstić information content (AvgIpc) is 3.26. The molecule has 0 N–H and O–H groups in total. The van der Waals surface area contributed by atoms with Gasteiger partial charge in [-0.25, -0.2) is 0 Å². The highest BCUT2D eigenvalue weighted by molar-refractivity contribution is 5.11. The maximum atomic E-state index is 6.38. The quantitative estimate of drug-likeness (QED) is 0.697. The Balaban J connectivity index is 1.32. The largest absolute Gasteiger partial charge is 0.372 e. The molecule has 6 rings (SSSR count). The molecular formula is C16H24O4. The molecule has 0 aromatic heterocycles. The van der Waals surface area contributed by atoms with Gasteiger partial charge in [-0.1, -0.05) is 0 Å². The Labute approximate surface area is 120 Å². The van der Waals surface area contributed by atoms with Crippen LogP contribution >= 0.6 is 0 Å². The Morgan fingerprint density at radius 1 is 0.800 bits per heavy atom. The van der Waals surface area contributed by atoms with E-state index < -0.39 is 0 Å². The van der Waals surface area contributed by atoms with Crippen LogP contribution in [-0.4, -0.2) is 49.8 Å². The molecular weight excluding hydrogens is 256 g/mol. The minimum Gasteiger partial charge on any atom is -0.372 e. The summed E-state index contributed by atoms with van der Waals surface area (Å²) in [6.45, 7) is 3.37. The number of rotatable bonds is 6. The van der Waals surface area contributed by atoms with Crippen molar-refractivity contribution in [1.82, 2.24) is 0 Å². The van der Waals surface area contributed by atoms with Crippen molar-refractivity contribution in [3.05, 3.63) is 0 Å². The van der Waals surface area contributed by atoms with Gasteiger partial charge in [0.2, 0.25) is 0 Å². The van der Waals surface area contributed by atoms with E-state index in [9.17, 15) is 0 Å². The van der Waals surface area contributed by atoms with Gasteiger partial charge in [0.1, 0.15) is 12.2 Å². The monoisotopic (exact) mass is 280 g/mol. The van der Waals surface area contributed by atoms with E-state index in [1.54, 1.807) is 0 Å². The lowest BCUT2D eigenvalue weighted by atomic mass is 9.52. The van der Waals surface area contributed by atoms with Gasteiger partial charge in [0, 0.05) is 6.42 Å². The zero-order chi connectivity index (χ0) is 13.2. The zero-order valence-electron chi connectivity index (χ0n) is 12.0. The van der Waals surface area contributed by atoms with Crippen LogP contribution in [0, 0.1) is 11.8 Å². The molecule has 2 saturated heterocycles. The molecule has 6 aliphatic rings. The first-order valence-corrected chi connectivity index (χ1v) is 8.24. The fourth-order valence-corrected chi connectivity index (χ4v) is 5.30. The normalized spacial score (nSPS) is 55.2. The highest BCUT2D eigenvalue weighted by Gasteiger charge is 2.59. The van der Waals surface area contributed by atoms with Gasteiger partial charge in [-0.2, -0.15) is 0 Å². The van der Waals surface area contributed by atoms with Gasteiger partial charge in [-0.05, 0) is 43.9 Å². The number of hydrogen-bond donors (Lipinski definition) is 0. The molecule has 0 aromatic rings. The van der Waals surface area contributed by atoms with E-state index in [4.69, 9.17) is 18.9 Å². The van der Waals surface area contributed by atoms with Crippen molar-refractivity contribution in [2.75, 3.05) is 26.4 Å². The lowest BCUT2D eigenvalue weighted by Gasteiger charge is -2.61. The highest BCUT2D eigenvalue weighted by atomic mass is 16.6. The Morgan fingerprint density at radius 2 is 1.25 bits per heavy atom. The minimum absolute atomic E-state index is 0.0977. The molecule has 4 saturated carbocycles. The van der Waals surface area contributed by atoms with E-state index in [0.717, 1.165) is 44.7 Å². The summed E-state index contributed by atoms with van der Waals surface area (Å²) >= 11 is 0. The summed E-state index contributed by atoms with van der Waals surface area (Å²) in [5, 5.41) is 0. The molecule has 6 fully saturated rings. The summed E-state index contributed by atoms with van der Waals surface area (Å²) in [6, 6.07) is 0. The predicted octanol–water partition coefficient (Wildman–Crippen LogP) is 1.91. The van der Waals surface area contributed by atoms with Gasteiger partial charge in [-0.15, -0.1) is 0 Å². The number of epoxide rings is 2. The van der Waals surface area contributed by atoms with Gasteiger partial charge >= 0.3 is 0 Å². The number of ether oxygens (including phenoxy) is 4. The van der Waals surface area contributed by atoms with Crippen LogP contribution in [0.2, 0.25) is 0 Å². The molecule has 2 heterocycles. The lowest BCUT2D eigenvalue weighted by molar-refractivity contribution is -0.238. The molecule has 4 heteroatoms. The number of hydrogen-bond acceptors (Lipinski definition) is 4. The van der Waals surface area contributed by atoms with E-state index in [-0.39, 0.29) is 11.2 Å². The van der Waals surface area contributed by atoms with E-state index in [1.165, 1.54) is 32.1 Å². The first-order chi connectivity index (χ1) is 9.73. The van der Waals surface area contributed by atoms with Crippen LogP contribution in [0.25, 0.3) is 0 Å². The van der Waals surface area contributed by atoms with Crippen LogP contribution in [0.15, 0.2) is 0 Å². The molecule has 112 valence electrons. The molecule has 4 nitrogen and oxygen atoms in total. The van der Waals surface area contributed by atoms with Crippen LogP contribution in [-0.2, 0) is 18.9 Å². The molecule has 0 aromatic carbocycles. The standard InChI is InChI=1S/C16H24O4/c1-11-2-15(19-8-13-6-17-13)4-12(1)5-16(3-11,10-15)20-9-14-7-18-14/h11-14H,1-10H2. The van der Waals surface area contributed by atoms with E-state index in [2.05, 4.69) is 0 Å². The second-order valence-corrected chi connectivity index (χ2v) is 7.86. The van der Waals surface area contributed by atoms with Crippen LogP contribution in [0.5, 0.6) is 0 Å². The minimum atomic E-state index is 0.0977. The van der Waals surface area contributed by atoms with Gasteiger partial charge < -0.3 is 18.9 Å². The molecule has 4 aliphatic carbocycles. The fourth-order valence-electron chi connectivity index (χ4n) is 5.30. The third-order valence-corrected chi connectivity index (χ3v) is 5.91. The molecule has 20 heavy (non-hydrogen) atoms. The molecule has 0 spiro atoms. The summed E-state index contributed by atoms with van der Waals surface area (Å²) in [7, 11) is 0. The van der Waals surface area contributed by atoms with Crippen molar-refractivity contribution >= 4 is 0 Å². The van der Waals surface area contributed by atoms with Gasteiger partial charge in [0.25, 0.3) is 0 Å². The maximum absolute atomic E-state index is 6.38. The summed E-state index contributed by atoms with van der Waals surface area (Å²) in [6.07, 6.45) is 8.26. The SMILES string of the molecule is C1C2CC3(OCC4CO4)CC1CC(OCC1CO1)(C2)C3. The van der Waals surface area contributed by atoms with Crippen molar-refractivity contribution in [2.45, 2.75) is 61.9 Å². The Hall–Kier alpha value is -0.160. The van der Waals surface area contributed by atoms with Crippen LogP contribution in [0.1, 0.15) is 38.5 Å². The fraction of sp³-hybridized carbons (Fsp3) is 1.00.